The number of nitrogens with one attached hydrogen (secondary N) is 1. The van der Waals surface area contributed by atoms with E-state index in [-0.39, 0.29) is 0 Å². The predicted octanol–water partition coefficient (Wildman–Crippen LogP) is 1.69. The molecule has 0 atom stereocenters. The lowest BCUT2D eigenvalue weighted by Gasteiger charge is -2.10. The number of rotatable bonds is 3. The quantitative estimate of drug-likeness (QED) is 0.860. The Morgan fingerprint density at radius 1 is 1.40 bits per heavy atom. The molecule has 0 aliphatic rings. The highest BCUT2D eigenvalue weighted by Crippen LogP contribution is 2.19. The van der Waals surface area contributed by atoms with Gasteiger partial charge in [0, 0.05) is 26.5 Å². The van der Waals surface area contributed by atoms with E-state index in [1.54, 1.807) is 11.3 Å². The molecule has 15 heavy (non-hydrogen) atoms. The van der Waals surface area contributed by atoms with E-state index in [4.69, 9.17) is 0 Å². The van der Waals surface area contributed by atoms with Crippen molar-refractivity contribution in [3.63, 3.8) is 0 Å². The third-order valence-corrected chi connectivity index (χ3v) is 2.71. The van der Waals surface area contributed by atoms with Crippen molar-refractivity contribution in [3.8, 4) is 0 Å². The van der Waals surface area contributed by atoms with Crippen LogP contribution in [-0.4, -0.2) is 28.9 Å². The van der Waals surface area contributed by atoms with Crippen molar-refractivity contribution in [3.05, 3.63) is 16.8 Å². The van der Waals surface area contributed by atoms with Crippen molar-refractivity contribution in [2.45, 2.75) is 0 Å². The summed E-state index contributed by atoms with van der Waals surface area (Å²) in [6, 6.07) is 2.01. The molecule has 1 N–H and O–H groups in total. The second-order valence-electron chi connectivity index (χ2n) is 3.41. The zero-order valence-electron chi connectivity index (χ0n) is 8.93. The average molecular weight is 223 g/mol. The van der Waals surface area contributed by atoms with Gasteiger partial charge in [0.05, 0.1) is 5.69 Å². The van der Waals surface area contributed by atoms with Gasteiger partial charge in [0.1, 0.15) is 0 Å². The summed E-state index contributed by atoms with van der Waals surface area (Å²) in [6.07, 6.45) is 0. The molecule has 0 aromatic carbocycles. The summed E-state index contributed by atoms with van der Waals surface area (Å²) in [5, 5.41) is 15.4. The number of thiophene rings is 1. The fourth-order valence-electron chi connectivity index (χ4n) is 1.28. The van der Waals surface area contributed by atoms with Gasteiger partial charge in [-0.1, -0.05) is 0 Å². The van der Waals surface area contributed by atoms with Gasteiger partial charge >= 0.3 is 0 Å². The van der Waals surface area contributed by atoms with Crippen LogP contribution in [0.1, 0.15) is 0 Å². The standard InChI is InChI=1S/C9H13N5S/c1-13(2)9-12-11-8(14(9)3)10-7-4-5-15-6-7/h4-6H,1-3H3,(H,10,11). The molecule has 0 saturated carbocycles. The monoisotopic (exact) mass is 223 g/mol. The Balaban J connectivity index is 2.23. The van der Waals surface area contributed by atoms with E-state index in [1.807, 2.05) is 47.4 Å². The van der Waals surface area contributed by atoms with Gasteiger partial charge in [0.15, 0.2) is 0 Å². The first-order valence-electron chi connectivity index (χ1n) is 4.54. The van der Waals surface area contributed by atoms with Gasteiger partial charge in [-0.05, 0) is 11.4 Å². The maximum absolute atomic E-state index is 4.08. The Hall–Kier alpha value is -1.56. The second-order valence-corrected chi connectivity index (χ2v) is 4.19. The first kappa shape index (κ1) is 9.97. The zero-order chi connectivity index (χ0) is 10.8. The lowest BCUT2D eigenvalue weighted by molar-refractivity contribution is 0.873. The van der Waals surface area contributed by atoms with Gasteiger partial charge in [-0.15, -0.1) is 10.2 Å². The Bertz CT molecular complexity index is 431. The lowest BCUT2D eigenvalue weighted by Crippen LogP contribution is -2.14. The molecule has 2 heterocycles. The summed E-state index contributed by atoms with van der Waals surface area (Å²) in [7, 11) is 5.82. The smallest absolute Gasteiger partial charge is 0.230 e. The number of nitrogens with zero attached hydrogens (tertiary/aromatic N) is 4. The Labute approximate surface area is 92.4 Å². The molecule has 2 aromatic rings. The van der Waals surface area contributed by atoms with Crippen LogP contribution in [0, 0.1) is 0 Å². The van der Waals surface area contributed by atoms with E-state index < -0.39 is 0 Å². The molecule has 6 heteroatoms. The average Bonchev–Trinajstić information content (AvgIpc) is 2.78. The SMILES string of the molecule is CN(C)c1nnc(Nc2ccsc2)n1C. The molecule has 0 aliphatic carbocycles. The van der Waals surface area contributed by atoms with Crippen molar-refractivity contribution in [2.75, 3.05) is 24.3 Å². The van der Waals surface area contributed by atoms with Gasteiger partial charge < -0.3 is 10.2 Å². The Morgan fingerprint density at radius 2 is 2.20 bits per heavy atom. The molecule has 5 nitrogen and oxygen atoms in total. The lowest BCUT2D eigenvalue weighted by atomic mass is 10.5. The molecule has 0 fully saturated rings. The van der Waals surface area contributed by atoms with Crippen LogP contribution in [0.2, 0.25) is 0 Å². The van der Waals surface area contributed by atoms with E-state index in [2.05, 4.69) is 15.5 Å². The normalized spacial score (nSPS) is 10.3. The number of hydrogen-bond acceptors (Lipinski definition) is 5. The third kappa shape index (κ3) is 1.94. The van der Waals surface area contributed by atoms with Crippen molar-refractivity contribution >= 4 is 28.9 Å². The van der Waals surface area contributed by atoms with E-state index in [1.165, 1.54) is 0 Å². The number of anilines is 3. The van der Waals surface area contributed by atoms with Gasteiger partial charge in [-0.2, -0.15) is 11.3 Å². The largest absolute Gasteiger partial charge is 0.347 e. The zero-order valence-corrected chi connectivity index (χ0v) is 9.75. The minimum Gasteiger partial charge on any atom is -0.347 e. The summed E-state index contributed by atoms with van der Waals surface area (Å²) in [6.45, 7) is 0. The van der Waals surface area contributed by atoms with Crippen LogP contribution in [0.5, 0.6) is 0 Å². The molecule has 0 radical (unpaired) electrons. The van der Waals surface area contributed by atoms with Gasteiger partial charge in [0.2, 0.25) is 11.9 Å². The fraction of sp³-hybridized carbons (Fsp3) is 0.333. The molecule has 0 amide bonds. The second kappa shape index (κ2) is 3.90. The van der Waals surface area contributed by atoms with Crippen LogP contribution < -0.4 is 10.2 Å². The molecule has 0 aliphatic heterocycles. The van der Waals surface area contributed by atoms with Crippen molar-refractivity contribution in [1.82, 2.24) is 14.8 Å². The topological polar surface area (TPSA) is 46.0 Å². The van der Waals surface area contributed by atoms with E-state index in [0.29, 0.717) is 0 Å². The summed E-state index contributed by atoms with van der Waals surface area (Å²) in [5.41, 5.74) is 1.04. The minimum atomic E-state index is 0.747. The van der Waals surface area contributed by atoms with E-state index in [9.17, 15) is 0 Å². The molecule has 0 bridgehead atoms. The highest BCUT2D eigenvalue weighted by molar-refractivity contribution is 7.08. The predicted molar refractivity (Wildman–Crippen MR) is 62.9 cm³/mol. The van der Waals surface area contributed by atoms with Gasteiger partial charge in [0.25, 0.3) is 0 Å². The maximum Gasteiger partial charge on any atom is 0.230 e. The molecular weight excluding hydrogens is 210 g/mol. The first-order chi connectivity index (χ1) is 7.18. The molecule has 0 spiro atoms. The summed E-state index contributed by atoms with van der Waals surface area (Å²) >= 11 is 1.65. The number of hydrogen-bond donors (Lipinski definition) is 1. The molecule has 2 aromatic heterocycles. The van der Waals surface area contributed by atoms with Gasteiger partial charge in [-0.25, -0.2) is 0 Å². The van der Waals surface area contributed by atoms with Crippen LogP contribution in [0.25, 0.3) is 0 Å². The number of aromatic nitrogens is 3. The van der Waals surface area contributed by atoms with Crippen LogP contribution in [0.3, 0.4) is 0 Å². The molecular formula is C9H13N5S. The van der Waals surface area contributed by atoms with Crippen LogP contribution in [-0.2, 0) is 7.05 Å². The third-order valence-electron chi connectivity index (χ3n) is 2.03. The Kier molecular flexibility index (Phi) is 2.59. The molecule has 2 rings (SSSR count). The summed E-state index contributed by atoms with van der Waals surface area (Å²) < 4.78 is 1.91. The highest BCUT2D eigenvalue weighted by Gasteiger charge is 2.09. The minimum absolute atomic E-state index is 0.747. The molecule has 0 unspecified atom stereocenters. The van der Waals surface area contributed by atoms with E-state index >= 15 is 0 Å². The summed E-state index contributed by atoms with van der Waals surface area (Å²) in [4.78, 5) is 1.92. The highest BCUT2D eigenvalue weighted by atomic mass is 32.1. The van der Waals surface area contributed by atoms with Gasteiger partial charge in [-0.3, -0.25) is 4.57 Å². The maximum atomic E-state index is 4.08. The fourth-order valence-corrected chi connectivity index (χ4v) is 1.87. The van der Waals surface area contributed by atoms with Crippen LogP contribution >= 0.6 is 11.3 Å². The molecule has 80 valence electrons. The van der Waals surface area contributed by atoms with Crippen molar-refractivity contribution < 1.29 is 0 Å². The summed E-state index contributed by atoms with van der Waals surface area (Å²) in [5.74, 6) is 1.57. The van der Waals surface area contributed by atoms with Crippen LogP contribution in [0.15, 0.2) is 16.8 Å². The Morgan fingerprint density at radius 3 is 2.73 bits per heavy atom. The van der Waals surface area contributed by atoms with Crippen molar-refractivity contribution in [1.29, 1.82) is 0 Å². The molecule has 0 saturated heterocycles. The van der Waals surface area contributed by atoms with Crippen molar-refractivity contribution in [2.24, 2.45) is 7.05 Å². The van der Waals surface area contributed by atoms with E-state index in [0.717, 1.165) is 17.6 Å². The van der Waals surface area contributed by atoms with Crippen LogP contribution in [0.4, 0.5) is 17.6 Å². The first-order valence-corrected chi connectivity index (χ1v) is 5.48.